The second kappa shape index (κ2) is 8.55. The van der Waals surface area contributed by atoms with Crippen LogP contribution in [-0.2, 0) is 0 Å². The summed E-state index contributed by atoms with van der Waals surface area (Å²) in [5, 5.41) is 6.85. The minimum atomic E-state index is -0.268. The van der Waals surface area contributed by atoms with Crippen LogP contribution in [0.2, 0.25) is 0 Å². The van der Waals surface area contributed by atoms with Crippen LogP contribution < -0.4 is 4.80 Å². The van der Waals surface area contributed by atoms with E-state index in [2.05, 4.69) is 30.1 Å². The van der Waals surface area contributed by atoms with Crippen LogP contribution >= 0.6 is 11.3 Å². The van der Waals surface area contributed by atoms with Gasteiger partial charge in [-0.2, -0.15) is 5.10 Å². The first-order chi connectivity index (χ1) is 14.5. The molecule has 2 aromatic carbocycles. The number of benzene rings is 2. The van der Waals surface area contributed by atoms with Gasteiger partial charge in [0.1, 0.15) is 5.82 Å². The average Bonchev–Trinajstić information content (AvgIpc) is 3.14. The minimum absolute atomic E-state index is 0.268. The number of halogens is 1. The molecular weight excluding hydrogens is 395 g/mol. The van der Waals surface area contributed by atoms with Gasteiger partial charge >= 0.3 is 0 Å². The Labute approximate surface area is 178 Å². The van der Waals surface area contributed by atoms with E-state index in [9.17, 15) is 4.39 Å². The van der Waals surface area contributed by atoms with E-state index in [1.54, 1.807) is 24.5 Å². The summed E-state index contributed by atoms with van der Waals surface area (Å²) >= 11 is 1.50. The van der Waals surface area contributed by atoms with E-state index in [0.29, 0.717) is 0 Å². The van der Waals surface area contributed by atoms with Crippen LogP contribution in [0.1, 0.15) is 23.6 Å². The molecule has 0 spiro atoms. The maximum absolute atomic E-state index is 13.5. The predicted molar refractivity (Wildman–Crippen MR) is 121 cm³/mol. The van der Waals surface area contributed by atoms with Gasteiger partial charge < -0.3 is 0 Å². The number of thiazole rings is 1. The van der Waals surface area contributed by atoms with Crippen molar-refractivity contribution in [2.45, 2.75) is 20.8 Å². The third-order valence-corrected chi connectivity index (χ3v) is 5.55. The first-order valence-corrected chi connectivity index (χ1v) is 10.4. The van der Waals surface area contributed by atoms with Crippen molar-refractivity contribution in [3.63, 3.8) is 0 Å². The van der Waals surface area contributed by atoms with E-state index in [-0.39, 0.29) is 5.82 Å². The summed E-state index contributed by atoms with van der Waals surface area (Å²) in [6.07, 6.45) is 3.52. The number of pyridine rings is 1. The molecule has 2 heterocycles. The fraction of sp³-hybridized carbons (Fsp3) is 0.125. The van der Waals surface area contributed by atoms with Crippen molar-refractivity contribution in [1.82, 2.24) is 9.66 Å². The van der Waals surface area contributed by atoms with Crippen LogP contribution in [0.4, 0.5) is 10.1 Å². The highest BCUT2D eigenvalue weighted by molar-refractivity contribution is 7.07. The molecule has 4 aromatic rings. The summed E-state index contributed by atoms with van der Waals surface area (Å²) in [7, 11) is 0. The number of aryl methyl sites for hydroxylation is 2. The molecule has 6 heteroatoms. The van der Waals surface area contributed by atoms with Crippen molar-refractivity contribution < 1.29 is 4.39 Å². The van der Waals surface area contributed by atoms with Gasteiger partial charge in [0.15, 0.2) is 0 Å². The molecule has 0 bridgehead atoms. The number of nitrogens with zero attached hydrogens (tertiary/aromatic N) is 4. The van der Waals surface area contributed by atoms with Crippen LogP contribution in [-0.4, -0.2) is 15.4 Å². The summed E-state index contributed by atoms with van der Waals surface area (Å²) in [6.45, 7) is 6.04. The lowest BCUT2D eigenvalue weighted by molar-refractivity contribution is 0.628. The Morgan fingerprint density at radius 3 is 2.60 bits per heavy atom. The minimum Gasteiger partial charge on any atom is -0.264 e. The molecule has 0 unspecified atom stereocenters. The zero-order chi connectivity index (χ0) is 21.1. The molecule has 0 saturated heterocycles. The van der Waals surface area contributed by atoms with Crippen molar-refractivity contribution in [3.8, 4) is 11.3 Å². The van der Waals surface area contributed by atoms with E-state index in [4.69, 9.17) is 10.1 Å². The Morgan fingerprint density at radius 2 is 1.87 bits per heavy atom. The third-order valence-electron chi connectivity index (χ3n) is 4.74. The van der Waals surface area contributed by atoms with Crippen LogP contribution in [0.15, 0.2) is 82.5 Å². The van der Waals surface area contributed by atoms with Gasteiger partial charge in [-0.25, -0.2) is 14.1 Å². The number of aromatic nitrogens is 2. The Kier molecular flexibility index (Phi) is 5.68. The second-order valence-electron chi connectivity index (χ2n) is 7.05. The van der Waals surface area contributed by atoms with E-state index < -0.39 is 0 Å². The molecule has 0 saturated carbocycles. The van der Waals surface area contributed by atoms with Gasteiger partial charge in [-0.1, -0.05) is 18.2 Å². The van der Waals surface area contributed by atoms with Gasteiger partial charge in [0.05, 0.1) is 17.1 Å². The zero-order valence-corrected chi connectivity index (χ0v) is 17.8. The summed E-state index contributed by atoms with van der Waals surface area (Å²) in [5.41, 5.74) is 6.62. The predicted octanol–water partition coefficient (Wildman–Crippen LogP) is 5.87. The molecule has 0 amide bonds. The van der Waals surface area contributed by atoms with Crippen LogP contribution in [0, 0.1) is 19.7 Å². The molecule has 0 aliphatic heterocycles. The maximum atomic E-state index is 13.5. The van der Waals surface area contributed by atoms with Gasteiger partial charge in [0.25, 0.3) is 0 Å². The SMILES string of the molecule is CC(=Nn1c(-c2ccc(F)cc2)csc1=Nc1cc(C)ccc1C)c1cccnc1. The summed E-state index contributed by atoms with van der Waals surface area (Å²) in [6, 6.07) is 16.5. The summed E-state index contributed by atoms with van der Waals surface area (Å²) in [5.74, 6) is -0.268. The molecule has 30 heavy (non-hydrogen) atoms. The Hall–Kier alpha value is -3.38. The van der Waals surface area contributed by atoms with E-state index in [1.165, 1.54) is 23.5 Å². The largest absolute Gasteiger partial charge is 0.264 e. The lowest BCUT2D eigenvalue weighted by Crippen LogP contribution is -2.14. The van der Waals surface area contributed by atoms with E-state index in [1.807, 2.05) is 36.0 Å². The average molecular weight is 417 g/mol. The molecule has 0 fully saturated rings. The molecule has 0 N–H and O–H groups in total. The molecule has 0 aliphatic carbocycles. The Morgan fingerprint density at radius 1 is 1.07 bits per heavy atom. The highest BCUT2D eigenvalue weighted by Gasteiger charge is 2.10. The number of hydrogen-bond donors (Lipinski definition) is 0. The van der Waals surface area contributed by atoms with Crippen molar-refractivity contribution in [2.75, 3.05) is 0 Å². The maximum Gasteiger partial charge on any atom is 0.211 e. The first-order valence-electron chi connectivity index (χ1n) is 9.56. The molecular formula is C24H21FN4S. The summed E-state index contributed by atoms with van der Waals surface area (Å²) < 4.78 is 15.3. The highest BCUT2D eigenvalue weighted by Crippen LogP contribution is 2.23. The van der Waals surface area contributed by atoms with Crippen molar-refractivity contribution >= 4 is 22.7 Å². The fourth-order valence-corrected chi connectivity index (χ4v) is 3.86. The standard InChI is InChI=1S/C24H21FN4S/c1-16-6-7-17(2)22(13-16)27-24-29(28-18(3)20-5-4-12-26-14-20)23(15-30-24)19-8-10-21(25)11-9-19/h4-15H,1-3H3. The van der Waals surface area contributed by atoms with Crippen LogP contribution in [0.25, 0.3) is 11.3 Å². The lowest BCUT2D eigenvalue weighted by Gasteiger charge is -2.07. The number of hydrogen-bond acceptors (Lipinski definition) is 4. The Balaban J connectivity index is 1.92. The molecule has 4 rings (SSSR count). The van der Waals surface area contributed by atoms with Crippen molar-refractivity contribution in [2.24, 2.45) is 10.1 Å². The molecule has 150 valence electrons. The monoisotopic (exact) mass is 416 g/mol. The Bertz CT molecular complexity index is 1270. The van der Waals surface area contributed by atoms with Gasteiger partial charge in [-0.05, 0) is 68.3 Å². The number of rotatable bonds is 4. The molecule has 2 aromatic heterocycles. The fourth-order valence-electron chi connectivity index (χ4n) is 3.02. The van der Waals surface area contributed by atoms with Gasteiger partial charge in [-0.15, -0.1) is 11.3 Å². The molecule has 0 radical (unpaired) electrons. The van der Waals surface area contributed by atoms with Gasteiger partial charge in [0.2, 0.25) is 4.80 Å². The molecule has 0 atom stereocenters. The molecule has 4 nitrogen and oxygen atoms in total. The third kappa shape index (κ3) is 4.28. The van der Waals surface area contributed by atoms with E-state index in [0.717, 1.165) is 44.1 Å². The van der Waals surface area contributed by atoms with Crippen molar-refractivity contribution in [1.29, 1.82) is 0 Å². The van der Waals surface area contributed by atoms with Crippen molar-refractivity contribution in [3.05, 3.63) is 99.7 Å². The normalized spacial score (nSPS) is 12.4. The summed E-state index contributed by atoms with van der Waals surface area (Å²) in [4.78, 5) is 9.82. The second-order valence-corrected chi connectivity index (χ2v) is 7.89. The van der Waals surface area contributed by atoms with Crippen LogP contribution in [0.3, 0.4) is 0 Å². The van der Waals surface area contributed by atoms with E-state index >= 15 is 0 Å². The molecule has 0 aliphatic rings. The highest BCUT2D eigenvalue weighted by atomic mass is 32.1. The lowest BCUT2D eigenvalue weighted by atomic mass is 10.1. The van der Waals surface area contributed by atoms with Crippen LogP contribution in [0.5, 0.6) is 0 Å². The quantitative estimate of drug-likeness (QED) is 0.384. The zero-order valence-electron chi connectivity index (χ0n) is 17.0. The smallest absolute Gasteiger partial charge is 0.211 e. The topological polar surface area (TPSA) is 42.5 Å². The first kappa shape index (κ1) is 19.9. The van der Waals surface area contributed by atoms with Gasteiger partial charge in [-0.3, -0.25) is 4.98 Å². The van der Waals surface area contributed by atoms with Gasteiger partial charge in [0, 0.05) is 28.9 Å².